The average molecular weight is 210 g/mol. The van der Waals surface area contributed by atoms with Gasteiger partial charge in [-0.05, 0) is 61.1 Å². The smallest absolute Gasteiger partial charge is 0.0276 e. The molecule has 0 spiro atoms. The van der Waals surface area contributed by atoms with Crippen molar-refractivity contribution in [3.05, 3.63) is 12.2 Å². The molecule has 0 radical (unpaired) electrons. The van der Waals surface area contributed by atoms with Gasteiger partial charge in [-0.1, -0.05) is 32.4 Å². The molecule has 0 unspecified atom stereocenters. The summed E-state index contributed by atoms with van der Waals surface area (Å²) in [5.41, 5.74) is 0.0249. The summed E-state index contributed by atoms with van der Waals surface area (Å²) < 4.78 is 48.5. The normalized spacial score (nSPS) is 69.9. The molecule has 0 aliphatic heterocycles. The predicted octanol–water partition coefficient (Wildman–Crippen LogP) is 4.27. The second kappa shape index (κ2) is 2.90. The Balaban J connectivity index is 2.06. The molecule has 0 aromatic rings. The van der Waals surface area contributed by atoms with Gasteiger partial charge >= 0.3 is 0 Å². The van der Waals surface area contributed by atoms with Crippen LogP contribution in [0.15, 0.2) is 12.2 Å². The minimum atomic E-state index is -1.28. The Labute approximate surface area is 103 Å². The summed E-state index contributed by atoms with van der Waals surface area (Å²) in [5, 5.41) is 0. The van der Waals surface area contributed by atoms with Crippen molar-refractivity contribution in [2.75, 3.05) is 0 Å². The van der Waals surface area contributed by atoms with Gasteiger partial charge < -0.3 is 0 Å². The van der Waals surface area contributed by atoms with E-state index in [4.69, 9.17) is 8.22 Å². The third kappa shape index (κ3) is 1.04. The van der Waals surface area contributed by atoms with E-state index in [1.54, 1.807) is 0 Å². The van der Waals surface area contributed by atoms with Gasteiger partial charge in [0.05, 0.1) is 0 Å². The fourth-order valence-corrected chi connectivity index (χ4v) is 4.33. The molecule has 3 fully saturated rings. The highest BCUT2D eigenvalue weighted by Gasteiger charge is 2.64. The van der Waals surface area contributed by atoms with Gasteiger partial charge in [-0.3, -0.25) is 0 Å². The maximum absolute atomic E-state index is 8.30. The summed E-state index contributed by atoms with van der Waals surface area (Å²) in [6.07, 6.45) is -1.69. The van der Waals surface area contributed by atoms with Crippen molar-refractivity contribution >= 4 is 0 Å². The largest absolute Gasteiger partial charge is 0.0998 e. The van der Waals surface area contributed by atoms with Crippen molar-refractivity contribution in [1.29, 1.82) is 0 Å². The van der Waals surface area contributed by atoms with Gasteiger partial charge in [0.25, 0.3) is 0 Å². The van der Waals surface area contributed by atoms with Crippen molar-refractivity contribution in [1.82, 2.24) is 0 Å². The van der Waals surface area contributed by atoms with E-state index in [1.165, 1.54) is 0 Å². The van der Waals surface area contributed by atoms with Gasteiger partial charge in [-0.15, -0.1) is 0 Å². The highest BCUT2D eigenvalue weighted by Crippen LogP contribution is 2.71. The molecule has 15 heavy (non-hydrogen) atoms. The molecule has 0 aromatic heterocycles. The molecule has 84 valence electrons. The van der Waals surface area contributed by atoms with Crippen LogP contribution in [0.2, 0.25) is 0 Å². The highest BCUT2D eigenvalue weighted by atomic mass is 14.7. The Hall–Kier alpha value is -0.260. The molecule has 3 aliphatic rings. The van der Waals surface area contributed by atoms with Gasteiger partial charge in [-0.25, -0.2) is 0 Å². The fourth-order valence-electron chi connectivity index (χ4n) is 4.33. The Morgan fingerprint density at radius 3 is 2.93 bits per heavy atom. The molecule has 0 nitrogen and oxygen atoms in total. The van der Waals surface area contributed by atoms with Crippen LogP contribution in [0.4, 0.5) is 0 Å². The van der Waals surface area contributed by atoms with Gasteiger partial charge in [0.1, 0.15) is 0 Å². The molecule has 3 rings (SSSR count). The van der Waals surface area contributed by atoms with Crippen molar-refractivity contribution in [2.45, 2.75) is 46.3 Å². The van der Waals surface area contributed by atoms with Crippen LogP contribution in [0.3, 0.4) is 0 Å². The van der Waals surface area contributed by atoms with Gasteiger partial charge in [0, 0.05) is 8.22 Å². The molecule has 6 atom stereocenters. The zero-order valence-electron chi connectivity index (χ0n) is 15.6. The van der Waals surface area contributed by atoms with Crippen LogP contribution in [0.1, 0.15) is 54.5 Å². The van der Waals surface area contributed by atoms with E-state index in [1.807, 2.05) is 13.8 Å². The lowest BCUT2D eigenvalue weighted by molar-refractivity contribution is 0.0272. The van der Waals surface area contributed by atoms with E-state index >= 15 is 0 Å². The third-order valence-electron chi connectivity index (χ3n) is 5.22. The Bertz CT molecular complexity index is 485. The third-order valence-corrected chi connectivity index (χ3v) is 5.22. The van der Waals surface area contributed by atoms with Gasteiger partial charge in [0.2, 0.25) is 0 Å². The van der Waals surface area contributed by atoms with Crippen molar-refractivity contribution in [3.8, 4) is 0 Å². The predicted molar refractivity (Wildman–Crippen MR) is 64.5 cm³/mol. The Morgan fingerprint density at radius 2 is 2.27 bits per heavy atom. The second-order valence-electron chi connectivity index (χ2n) is 5.75. The first kappa shape index (κ1) is 5.38. The summed E-state index contributed by atoms with van der Waals surface area (Å²) in [6.45, 7) is 6.72. The minimum Gasteiger partial charge on any atom is -0.0998 e. The topological polar surface area (TPSA) is 0 Å². The molecule has 0 bridgehead atoms. The van der Waals surface area contributed by atoms with Crippen LogP contribution in [0, 0.1) is 35.0 Å². The quantitative estimate of drug-likeness (QED) is 0.567. The molecule has 3 aliphatic carbocycles. The van der Waals surface area contributed by atoms with Crippen LogP contribution in [0.25, 0.3) is 0 Å². The van der Waals surface area contributed by atoms with Crippen LogP contribution >= 0.6 is 0 Å². The van der Waals surface area contributed by atoms with E-state index in [9.17, 15) is 0 Å². The zero-order chi connectivity index (χ0) is 16.0. The van der Waals surface area contributed by atoms with Gasteiger partial charge in [-0.2, -0.15) is 0 Å². The van der Waals surface area contributed by atoms with E-state index in [2.05, 4.69) is 6.58 Å². The average Bonchev–Trinajstić information content (AvgIpc) is 2.70. The lowest BCUT2D eigenvalue weighted by atomic mass is 9.57. The first-order valence-corrected chi connectivity index (χ1v) is 5.98. The fraction of sp³-hybridized carbons (Fsp3) is 0.867. The summed E-state index contributed by atoms with van der Waals surface area (Å²) in [5.74, 6) is -0.0978. The first-order valence-electron chi connectivity index (χ1n) is 9.14. The van der Waals surface area contributed by atoms with Crippen LogP contribution < -0.4 is 0 Å². The Kier molecular flexibility index (Phi) is 1.04. The maximum Gasteiger partial charge on any atom is 0.0276 e. The first-order chi connectivity index (χ1) is 9.45. The van der Waals surface area contributed by atoms with Crippen molar-refractivity contribution in [3.63, 3.8) is 0 Å². The number of rotatable bonds is 1. The van der Waals surface area contributed by atoms with Crippen LogP contribution in [0.5, 0.6) is 0 Å². The van der Waals surface area contributed by atoms with Crippen LogP contribution in [-0.4, -0.2) is 0 Å². The maximum atomic E-state index is 8.30. The van der Waals surface area contributed by atoms with Gasteiger partial charge in [0.15, 0.2) is 0 Å². The number of hydrogen-bond acceptors (Lipinski definition) is 0. The molecular formula is C15H24. The monoisotopic (exact) mass is 210 g/mol. The van der Waals surface area contributed by atoms with E-state index in [0.717, 1.165) is 0 Å². The van der Waals surface area contributed by atoms with E-state index < -0.39 is 25.0 Å². The summed E-state index contributed by atoms with van der Waals surface area (Å²) >= 11 is 0. The van der Waals surface area contributed by atoms with E-state index in [-0.39, 0.29) is 29.6 Å². The standard InChI is InChI=1S/C15H24/c1-9(2)13-12-7-8-15(12,4)11-6-5-10(3)14(11)13/h10-14H,1,5-8H2,2-4H3/t10-,11+,12+,13-,14-,15-/m1/s1/i2D2,5D2,8D2. The lowest BCUT2D eigenvalue weighted by Gasteiger charge is -2.47. The van der Waals surface area contributed by atoms with Crippen molar-refractivity contribution < 1.29 is 8.22 Å². The molecule has 0 heterocycles. The summed E-state index contributed by atoms with van der Waals surface area (Å²) in [7, 11) is 0. The van der Waals surface area contributed by atoms with Crippen LogP contribution in [-0.2, 0) is 0 Å². The molecule has 3 saturated carbocycles. The van der Waals surface area contributed by atoms with E-state index in [0.29, 0.717) is 18.4 Å². The SMILES string of the molecule is [2H]C([2H])C(=C)[C@H]1[C@@H]2[C@H](C)C([2H])([2H])C[C@@H]2[C@]2(C)[C@H]1CC2([2H])[2H]. The molecule has 0 amide bonds. The molecule has 0 heteroatoms. The molecular weight excluding hydrogens is 180 g/mol. The minimum absolute atomic E-state index is 0.00301. The molecule has 0 aromatic carbocycles. The number of allylic oxidation sites excluding steroid dienone is 1. The number of fused-ring (bicyclic) bond motifs is 3. The lowest BCUT2D eigenvalue weighted by Crippen LogP contribution is -2.39. The second-order valence-corrected chi connectivity index (χ2v) is 5.75. The molecule has 0 saturated heterocycles. The highest BCUT2D eigenvalue weighted by molar-refractivity contribution is 5.19. The van der Waals surface area contributed by atoms with Crippen molar-refractivity contribution in [2.24, 2.45) is 35.0 Å². The zero-order valence-corrected chi connectivity index (χ0v) is 9.59. The summed E-state index contributed by atoms with van der Waals surface area (Å²) in [6, 6.07) is 0. The summed E-state index contributed by atoms with van der Waals surface area (Å²) in [4.78, 5) is 0. The Morgan fingerprint density at radius 1 is 1.47 bits per heavy atom. The number of hydrogen-bond donors (Lipinski definition) is 0. The molecule has 0 N–H and O–H groups in total.